The molecule has 2 N–H and O–H groups in total. The first-order chi connectivity index (χ1) is 17.4. The summed E-state index contributed by atoms with van der Waals surface area (Å²) < 4.78 is 26.0. The van der Waals surface area contributed by atoms with Crippen LogP contribution < -0.4 is 15.4 Å². The van der Waals surface area contributed by atoms with Crippen molar-refractivity contribution in [2.24, 2.45) is 0 Å². The van der Waals surface area contributed by atoms with Crippen LogP contribution in [0.3, 0.4) is 0 Å². The van der Waals surface area contributed by atoms with Gasteiger partial charge in [-0.25, -0.2) is 4.39 Å². The van der Waals surface area contributed by atoms with Gasteiger partial charge in [-0.1, -0.05) is 25.1 Å². The number of halogens is 1. The van der Waals surface area contributed by atoms with Crippen LogP contribution in [0.4, 0.5) is 10.1 Å². The quantitative estimate of drug-likeness (QED) is 0.609. The lowest BCUT2D eigenvalue weighted by molar-refractivity contribution is -0.134. The molecule has 0 unspecified atom stereocenters. The Hall–Kier alpha value is -3.46. The summed E-state index contributed by atoms with van der Waals surface area (Å²) in [6, 6.07) is 11.2. The molecular weight excluding hydrogens is 465 g/mol. The molecule has 2 heterocycles. The number of carbonyl (C=O) groups is 3. The minimum absolute atomic E-state index is 0.102. The van der Waals surface area contributed by atoms with Crippen molar-refractivity contribution in [1.29, 1.82) is 0 Å². The lowest BCUT2D eigenvalue weighted by Gasteiger charge is -2.42. The van der Waals surface area contributed by atoms with Crippen LogP contribution in [-0.2, 0) is 20.9 Å². The molecule has 192 valence electrons. The van der Waals surface area contributed by atoms with Crippen molar-refractivity contribution in [1.82, 2.24) is 10.2 Å². The molecule has 1 saturated heterocycles. The molecule has 3 amide bonds. The third-order valence-corrected chi connectivity index (χ3v) is 6.62. The van der Waals surface area contributed by atoms with Crippen LogP contribution in [0, 0.1) is 5.82 Å². The number of rotatable bonds is 7. The van der Waals surface area contributed by atoms with E-state index in [2.05, 4.69) is 10.6 Å². The molecule has 8 nitrogen and oxygen atoms in total. The molecular formula is C27H32FN3O5. The molecule has 0 aromatic heterocycles. The molecule has 0 aliphatic carbocycles. The lowest BCUT2D eigenvalue weighted by Crippen LogP contribution is -2.53. The highest BCUT2D eigenvalue weighted by molar-refractivity contribution is 5.99. The van der Waals surface area contributed by atoms with Crippen LogP contribution in [0.2, 0.25) is 0 Å². The molecule has 2 aromatic carbocycles. The molecule has 0 bridgehead atoms. The molecule has 36 heavy (non-hydrogen) atoms. The molecule has 0 radical (unpaired) electrons. The van der Waals surface area contributed by atoms with Gasteiger partial charge in [0.15, 0.2) is 0 Å². The van der Waals surface area contributed by atoms with Crippen LogP contribution in [-0.4, -0.2) is 54.5 Å². The van der Waals surface area contributed by atoms with Crippen LogP contribution in [0.1, 0.15) is 54.9 Å². The number of fused-ring (bicyclic) bond motifs is 2. The van der Waals surface area contributed by atoms with Crippen LogP contribution >= 0.6 is 0 Å². The summed E-state index contributed by atoms with van der Waals surface area (Å²) in [5.41, 5.74) is 1.37. The summed E-state index contributed by atoms with van der Waals surface area (Å²) in [5, 5.41) is 5.57. The second kappa shape index (κ2) is 11.5. The molecule has 9 heteroatoms. The van der Waals surface area contributed by atoms with E-state index in [-0.39, 0.29) is 55.3 Å². The smallest absolute Gasteiger partial charge is 0.257 e. The monoisotopic (exact) mass is 497 g/mol. The first-order valence-electron chi connectivity index (χ1n) is 12.3. The fourth-order valence-electron chi connectivity index (χ4n) is 4.67. The van der Waals surface area contributed by atoms with Crippen molar-refractivity contribution < 1.29 is 28.2 Å². The van der Waals surface area contributed by atoms with Gasteiger partial charge < -0.3 is 25.0 Å². The second-order valence-electron chi connectivity index (χ2n) is 9.25. The largest absolute Gasteiger partial charge is 0.490 e. The number of anilines is 1. The first-order valence-corrected chi connectivity index (χ1v) is 12.3. The van der Waals surface area contributed by atoms with Crippen molar-refractivity contribution in [2.45, 2.75) is 63.8 Å². The number of ether oxygens (including phenoxy) is 2. The summed E-state index contributed by atoms with van der Waals surface area (Å²) in [6.07, 6.45) is 1.83. The normalized spacial score (nSPS) is 21.4. The van der Waals surface area contributed by atoms with E-state index in [4.69, 9.17) is 9.47 Å². The van der Waals surface area contributed by atoms with Gasteiger partial charge in [0.05, 0.1) is 24.1 Å². The number of nitrogens with zero attached hydrogens (tertiary/aromatic N) is 1. The summed E-state index contributed by atoms with van der Waals surface area (Å²) in [6.45, 7) is 2.27. The van der Waals surface area contributed by atoms with Crippen molar-refractivity contribution in [3.05, 3.63) is 59.4 Å². The second-order valence-corrected chi connectivity index (χ2v) is 9.25. The number of carbonyl (C=O) groups excluding carboxylic acids is 3. The number of hydrogen-bond acceptors (Lipinski definition) is 5. The van der Waals surface area contributed by atoms with Crippen molar-refractivity contribution in [3.63, 3.8) is 0 Å². The standard InChI is InChI=1S/C27H32FN3O5/c1-3-6-25(32)30-18-9-12-23-20(13-18)27(34)31(2)22-11-10-19(36-24(22)16-35-23)14-26(33)29-15-17-7-4-5-8-21(17)28/h4-5,7-9,12-13,19,22,24H,3,6,10-11,14-16H2,1-2H3,(H,29,33)(H,30,32)/t19-,22+,24-/m0/s1. The predicted octanol–water partition coefficient (Wildman–Crippen LogP) is 3.65. The fraction of sp³-hybridized carbons (Fsp3) is 0.444. The fourth-order valence-corrected chi connectivity index (χ4v) is 4.67. The lowest BCUT2D eigenvalue weighted by atomic mass is 9.94. The van der Waals surface area contributed by atoms with E-state index in [0.717, 1.165) is 6.42 Å². The maximum atomic E-state index is 13.8. The Morgan fingerprint density at radius 3 is 2.72 bits per heavy atom. The predicted molar refractivity (Wildman–Crippen MR) is 132 cm³/mol. The van der Waals surface area contributed by atoms with Crippen molar-refractivity contribution >= 4 is 23.4 Å². The molecule has 4 rings (SSSR count). The van der Waals surface area contributed by atoms with E-state index in [1.165, 1.54) is 6.07 Å². The Labute approximate surface area is 210 Å². The Kier molecular flexibility index (Phi) is 8.20. The Balaban J connectivity index is 1.38. The molecule has 2 aliphatic rings. The maximum absolute atomic E-state index is 13.8. The van der Waals surface area contributed by atoms with Crippen molar-refractivity contribution in [3.8, 4) is 5.75 Å². The van der Waals surface area contributed by atoms with Gasteiger partial charge in [0.2, 0.25) is 11.8 Å². The van der Waals surface area contributed by atoms with E-state index in [0.29, 0.717) is 41.8 Å². The van der Waals surface area contributed by atoms with Gasteiger partial charge in [0.25, 0.3) is 5.91 Å². The Morgan fingerprint density at radius 2 is 1.94 bits per heavy atom. The zero-order valence-corrected chi connectivity index (χ0v) is 20.6. The topological polar surface area (TPSA) is 97.0 Å². The molecule has 2 aromatic rings. The van der Waals surface area contributed by atoms with E-state index in [1.807, 2.05) is 6.92 Å². The molecule has 3 atom stereocenters. The van der Waals surface area contributed by atoms with E-state index in [9.17, 15) is 18.8 Å². The molecule has 0 spiro atoms. The first kappa shape index (κ1) is 25.6. The summed E-state index contributed by atoms with van der Waals surface area (Å²) in [5.74, 6) is -0.469. The van der Waals surface area contributed by atoms with E-state index in [1.54, 1.807) is 48.3 Å². The highest BCUT2D eigenvalue weighted by Crippen LogP contribution is 2.32. The highest BCUT2D eigenvalue weighted by Gasteiger charge is 2.39. The SMILES string of the molecule is CCCC(=O)Nc1ccc2c(c1)C(=O)N(C)[C@@H]1CC[C@@H](CC(=O)NCc3ccccc3F)O[C@H]1CO2. The minimum Gasteiger partial charge on any atom is -0.490 e. The molecule has 2 aliphatic heterocycles. The van der Waals surface area contributed by atoms with Crippen LogP contribution in [0.5, 0.6) is 5.75 Å². The van der Waals surface area contributed by atoms with E-state index < -0.39 is 6.10 Å². The van der Waals surface area contributed by atoms with Gasteiger partial charge in [0, 0.05) is 31.3 Å². The van der Waals surface area contributed by atoms with Crippen LogP contribution in [0.15, 0.2) is 42.5 Å². The zero-order chi connectivity index (χ0) is 25.7. The third-order valence-electron chi connectivity index (χ3n) is 6.62. The number of amides is 3. The number of nitrogens with one attached hydrogen (secondary N) is 2. The average molecular weight is 498 g/mol. The molecule has 0 saturated carbocycles. The van der Waals surface area contributed by atoms with Gasteiger partial charge in [-0.3, -0.25) is 14.4 Å². The van der Waals surface area contributed by atoms with Gasteiger partial charge in [-0.2, -0.15) is 0 Å². The highest BCUT2D eigenvalue weighted by atomic mass is 19.1. The Bertz CT molecular complexity index is 1120. The van der Waals surface area contributed by atoms with Gasteiger partial charge in [-0.05, 0) is 43.5 Å². The van der Waals surface area contributed by atoms with Gasteiger partial charge in [0.1, 0.15) is 24.3 Å². The Morgan fingerprint density at radius 1 is 1.14 bits per heavy atom. The number of hydrogen-bond donors (Lipinski definition) is 2. The number of likely N-dealkylation sites (N-methyl/N-ethyl adjacent to an activating group) is 1. The molecule has 1 fully saturated rings. The average Bonchev–Trinajstić information content (AvgIpc) is 2.86. The van der Waals surface area contributed by atoms with Gasteiger partial charge >= 0.3 is 0 Å². The summed E-state index contributed by atoms with van der Waals surface area (Å²) in [7, 11) is 1.74. The summed E-state index contributed by atoms with van der Waals surface area (Å²) in [4.78, 5) is 39.4. The zero-order valence-electron chi connectivity index (χ0n) is 20.6. The van der Waals surface area contributed by atoms with Crippen molar-refractivity contribution in [2.75, 3.05) is 19.0 Å². The summed E-state index contributed by atoms with van der Waals surface area (Å²) >= 11 is 0. The number of benzene rings is 2. The van der Waals surface area contributed by atoms with Crippen LogP contribution in [0.25, 0.3) is 0 Å². The minimum atomic E-state index is -0.394. The van der Waals surface area contributed by atoms with E-state index >= 15 is 0 Å². The third kappa shape index (κ3) is 6.02. The van der Waals surface area contributed by atoms with Gasteiger partial charge in [-0.15, -0.1) is 0 Å². The maximum Gasteiger partial charge on any atom is 0.257 e.